The van der Waals surface area contributed by atoms with Crippen molar-refractivity contribution in [1.82, 2.24) is 4.90 Å². The van der Waals surface area contributed by atoms with E-state index in [9.17, 15) is 14.7 Å². The van der Waals surface area contributed by atoms with Crippen molar-refractivity contribution >= 4 is 17.5 Å². The molecule has 1 aliphatic heterocycles. The van der Waals surface area contributed by atoms with Crippen LogP contribution in [0.2, 0.25) is 0 Å². The maximum absolute atomic E-state index is 12.6. The standard InChI is InChI=1S/C18H24N2O3/c1-17(2)8-12-9-18(3,10-17)11-20(12)16(23)15(22)19-13-6-4-5-7-14(13)21/h4-7,12,21H,8-11H2,1-3H3,(H,19,22). The summed E-state index contributed by atoms with van der Waals surface area (Å²) in [4.78, 5) is 26.6. The first-order valence-corrected chi connectivity index (χ1v) is 8.09. The van der Waals surface area contributed by atoms with Gasteiger partial charge in [0.1, 0.15) is 5.75 Å². The predicted octanol–water partition coefficient (Wildman–Crippen LogP) is 2.76. The van der Waals surface area contributed by atoms with Gasteiger partial charge in [-0.2, -0.15) is 0 Å². The van der Waals surface area contributed by atoms with Gasteiger partial charge >= 0.3 is 11.8 Å². The van der Waals surface area contributed by atoms with Crippen LogP contribution in [0, 0.1) is 10.8 Å². The molecule has 2 N–H and O–H groups in total. The third-order valence-corrected chi connectivity index (χ3v) is 5.02. The van der Waals surface area contributed by atoms with Gasteiger partial charge in [-0.15, -0.1) is 0 Å². The molecule has 0 radical (unpaired) electrons. The summed E-state index contributed by atoms with van der Waals surface area (Å²) < 4.78 is 0. The van der Waals surface area contributed by atoms with Crippen LogP contribution in [0.5, 0.6) is 5.75 Å². The molecule has 5 nitrogen and oxygen atoms in total. The molecule has 2 unspecified atom stereocenters. The van der Waals surface area contributed by atoms with E-state index in [1.807, 2.05) is 0 Å². The van der Waals surface area contributed by atoms with Crippen molar-refractivity contribution in [3.63, 3.8) is 0 Å². The fraction of sp³-hybridized carbons (Fsp3) is 0.556. The Hall–Kier alpha value is -2.04. The summed E-state index contributed by atoms with van der Waals surface area (Å²) in [5.41, 5.74) is 0.553. The van der Waals surface area contributed by atoms with E-state index in [2.05, 4.69) is 26.1 Å². The van der Waals surface area contributed by atoms with E-state index in [-0.39, 0.29) is 28.3 Å². The molecular weight excluding hydrogens is 292 g/mol. The molecule has 1 aliphatic carbocycles. The van der Waals surface area contributed by atoms with E-state index in [0.717, 1.165) is 19.3 Å². The lowest BCUT2D eigenvalue weighted by Crippen LogP contribution is -2.43. The maximum atomic E-state index is 12.6. The number of para-hydroxylation sites is 2. The van der Waals surface area contributed by atoms with Crippen molar-refractivity contribution in [2.45, 2.75) is 46.1 Å². The van der Waals surface area contributed by atoms with Gasteiger partial charge in [0.05, 0.1) is 5.69 Å². The molecule has 23 heavy (non-hydrogen) atoms. The molecule has 0 spiro atoms. The number of phenolic OH excluding ortho intramolecular Hbond substituents is 1. The van der Waals surface area contributed by atoms with Crippen LogP contribution in [0.15, 0.2) is 24.3 Å². The highest BCUT2D eigenvalue weighted by Gasteiger charge is 2.51. The molecule has 1 heterocycles. The van der Waals surface area contributed by atoms with Gasteiger partial charge in [-0.1, -0.05) is 32.9 Å². The highest BCUT2D eigenvalue weighted by Crippen LogP contribution is 2.52. The number of benzene rings is 1. The van der Waals surface area contributed by atoms with E-state index in [0.29, 0.717) is 6.54 Å². The number of carbonyl (C=O) groups excluding carboxylic acids is 2. The van der Waals surface area contributed by atoms with Crippen LogP contribution in [-0.4, -0.2) is 34.4 Å². The van der Waals surface area contributed by atoms with E-state index in [1.54, 1.807) is 23.1 Å². The quantitative estimate of drug-likeness (QED) is 0.618. The number of hydrogen-bond donors (Lipinski definition) is 2. The molecule has 1 saturated carbocycles. The van der Waals surface area contributed by atoms with E-state index in [1.165, 1.54) is 6.07 Å². The summed E-state index contributed by atoms with van der Waals surface area (Å²) >= 11 is 0. The van der Waals surface area contributed by atoms with E-state index in [4.69, 9.17) is 0 Å². The Morgan fingerprint density at radius 2 is 1.91 bits per heavy atom. The van der Waals surface area contributed by atoms with Crippen LogP contribution in [-0.2, 0) is 9.59 Å². The molecule has 2 aliphatic rings. The average Bonchev–Trinajstić information content (AvgIpc) is 2.69. The van der Waals surface area contributed by atoms with Crippen LogP contribution < -0.4 is 5.32 Å². The molecule has 3 rings (SSSR count). The van der Waals surface area contributed by atoms with Gasteiger partial charge < -0.3 is 15.3 Å². The largest absolute Gasteiger partial charge is 0.506 e. The number of nitrogens with one attached hydrogen (secondary N) is 1. The summed E-state index contributed by atoms with van der Waals surface area (Å²) in [6, 6.07) is 6.55. The molecule has 0 aromatic heterocycles. The van der Waals surface area contributed by atoms with Crippen molar-refractivity contribution in [2.24, 2.45) is 10.8 Å². The fourth-order valence-corrected chi connectivity index (χ4v) is 4.58. The zero-order chi connectivity index (χ0) is 16.8. The molecule has 2 atom stereocenters. The predicted molar refractivity (Wildman–Crippen MR) is 88.0 cm³/mol. The van der Waals surface area contributed by atoms with Gasteiger partial charge in [-0.05, 0) is 42.2 Å². The lowest BCUT2D eigenvalue weighted by atomic mass is 9.65. The van der Waals surface area contributed by atoms with Gasteiger partial charge in [-0.3, -0.25) is 9.59 Å². The molecule has 1 saturated heterocycles. The Bertz CT molecular complexity index is 655. The SMILES string of the molecule is CC1(C)CC2CC(C)(CN2C(=O)C(=O)Nc2ccccc2O)C1. The van der Waals surface area contributed by atoms with Crippen LogP contribution in [0.25, 0.3) is 0 Å². The van der Waals surface area contributed by atoms with Crippen LogP contribution in [0.4, 0.5) is 5.69 Å². The third kappa shape index (κ3) is 3.05. The minimum absolute atomic E-state index is 0.0399. The Balaban J connectivity index is 1.74. The van der Waals surface area contributed by atoms with Gasteiger partial charge in [-0.25, -0.2) is 0 Å². The number of aromatic hydroxyl groups is 1. The van der Waals surface area contributed by atoms with Gasteiger partial charge in [0, 0.05) is 12.6 Å². The zero-order valence-corrected chi connectivity index (χ0v) is 13.9. The Morgan fingerprint density at radius 1 is 1.22 bits per heavy atom. The summed E-state index contributed by atoms with van der Waals surface area (Å²) in [5, 5.41) is 12.2. The second-order valence-corrected chi connectivity index (χ2v) is 8.12. The first-order chi connectivity index (χ1) is 10.7. The second-order valence-electron chi connectivity index (χ2n) is 8.12. The van der Waals surface area contributed by atoms with Crippen molar-refractivity contribution in [1.29, 1.82) is 0 Å². The first-order valence-electron chi connectivity index (χ1n) is 8.09. The number of nitrogens with zero attached hydrogens (tertiary/aromatic N) is 1. The van der Waals surface area contributed by atoms with Crippen molar-refractivity contribution < 1.29 is 14.7 Å². The third-order valence-electron chi connectivity index (χ3n) is 5.02. The van der Waals surface area contributed by atoms with E-state index >= 15 is 0 Å². The minimum atomic E-state index is -0.680. The minimum Gasteiger partial charge on any atom is -0.506 e. The molecule has 2 bridgehead atoms. The van der Waals surface area contributed by atoms with Crippen LogP contribution in [0.1, 0.15) is 40.0 Å². The number of fused-ring (bicyclic) bond motifs is 2. The van der Waals surface area contributed by atoms with Crippen LogP contribution in [0.3, 0.4) is 0 Å². The average molecular weight is 316 g/mol. The zero-order valence-electron chi connectivity index (χ0n) is 13.9. The normalized spacial score (nSPS) is 28.5. The summed E-state index contributed by atoms with van der Waals surface area (Å²) in [6.45, 7) is 7.30. The van der Waals surface area contributed by atoms with Gasteiger partial charge in [0.15, 0.2) is 0 Å². The number of rotatable bonds is 1. The summed E-state index contributed by atoms with van der Waals surface area (Å²) in [6.07, 6.45) is 2.96. The Labute approximate surface area is 136 Å². The lowest BCUT2D eigenvalue weighted by Gasteiger charge is -2.39. The van der Waals surface area contributed by atoms with Crippen molar-refractivity contribution in [3.05, 3.63) is 24.3 Å². The van der Waals surface area contributed by atoms with Crippen molar-refractivity contribution in [3.8, 4) is 5.75 Å². The number of hydrogen-bond acceptors (Lipinski definition) is 3. The molecule has 2 fully saturated rings. The van der Waals surface area contributed by atoms with Crippen LogP contribution >= 0.6 is 0 Å². The number of amides is 2. The summed E-state index contributed by atoms with van der Waals surface area (Å²) in [5.74, 6) is -1.22. The van der Waals surface area contributed by atoms with E-state index < -0.39 is 11.8 Å². The molecule has 1 aromatic rings. The first kappa shape index (κ1) is 15.8. The fourth-order valence-electron chi connectivity index (χ4n) is 4.58. The Kier molecular flexibility index (Phi) is 3.62. The number of phenols is 1. The van der Waals surface area contributed by atoms with Gasteiger partial charge in [0.2, 0.25) is 0 Å². The topological polar surface area (TPSA) is 69.6 Å². The molecule has 2 amide bonds. The number of likely N-dealkylation sites (tertiary alicyclic amines) is 1. The van der Waals surface area contributed by atoms with Crippen molar-refractivity contribution in [2.75, 3.05) is 11.9 Å². The molecule has 1 aromatic carbocycles. The highest BCUT2D eigenvalue weighted by molar-refractivity contribution is 6.39. The monoisotopic (exact) mass is 316 g/mol. The number of anilines is 1. The smallest absolute Gasteiger partial charge is 0.314 e. The van der Waals surface area contributed by atoms with Gasteiger partial charge in [0.25, 0.3) is 0 Å². The number of carbonyl (C=O) groups is 2. The molecule has 124 valence electrons. The highest BCUT2D eigenvalue weighted by atomic mass is 16.3. The Morgan fingerprint density at radius 3 is 2.61 bits per heavy atom. The second kappa shape index (κ2) is 5.25. The molecule has 5 heteroatoms. The molecular formula is C18H24N2O3. The summed E-state index contributed by atoms with van der Waals surface area (Å²) in [7, 11) is 0. The maximum Gasteiger partial charge on any atom is 0.314 e. The lowest BCUT2D eigenvalue weighted by molar-refractivity contribution is -0.144.